The maximum absolute atomic E-state index is 12.3. The molecule has 0 atom stereocenters. The average Bonchev–Trinajstić information content (AvgIpc) is 2.48. The molecule has 24 heavy (non-hydrogen) atoms. The van der Waals surface area contributed by atoms with Crippen LogP contribution in [0.5, 0.6) is 0 Å². The van der Waals surface area contributed by atoms with Crippen LogP contribution in [0.1, 0.15) is 31.4 Å². The number of anilines is 1. The number of carbonyl (C=O) groups is 1. The van der Waals surface area contributed by atoms with E-state index in [0.29, 0.717) is 28.6 Å². The number of aryl methyl sites for hydroxylation is 1. The van der Waals surface area contributed by atoms with Crippen molar-refractivity contribution in [3.8, 4) is 0 Å². The summed E-state index contributed by atoms with van der Waals surface area (Å²) in [6.07, 6.45) is 0.981. The molecule has 3 N–H and O–H groups in total. The molecule has 0 fully saturated rings. The molecule has 0 aliphatic rings. The number of benzene rings is 2. The fraction of sp³-hybridized carbons (Fsp3) is 0.278. The van der Waals surface area contributed by atoms with Crippen molar-refractivity contribution in [3.63, 3.8) is 0 Å². The zero-order valence-electron chi connectivity index (χ0n) is 13.6. The van der Waals surface area contributed by atoms with E-state index >= 15 is 0 Å². The topological polar surface area (TPSA) is 55.1 Å². The molecular formula is C18H21Cl3N2O. The number of para-hydroxylation sites is 1. The summed E-state index contributed by atoms with van der Waals surface area (Å²) in [6.45, 7) is 3.86. The number of rotatable bonds is 5. The molecule has 2 aromatic carbocycles. The molecule has 0 saturated carbocycles. The van der Waals surface area contributed by atoms with Crippen molar-refractivity contribution in [2.45, 2.75) is 32.2 Å². The molecular weight excluding hydrogens is 367 g/mol. The first-order valence-electron chi connectivity index (χ1n) is 7.39. The second-order valence-corrected chi connectivity index (χ2v) is 6.82. The average molecular weight is 388 g/mol. The summed E-state index contributed by atoms with van der Waals surface area (Å²) >= 11 is 12.0. The van der Waals surface area contributed by atoms with E-state index in [1.54, 1.807) is 12.1 Å². The van der Waals surface area contributed by atoms with Gasteiger partial charge in [-0.1, -0.05) is 47.5 Å². The fourth-order valence-electron chi connectivity index (χ4n) is 2.38. The van der Waals surface area contributed by atoms with Gasteiger partial charge in [-0.15, -0.1) is 12.4 Å². The Morgan fingerprint density at radius 3 is 2.42 bits per heavy atom. The number of nitrogens with one attached hydrogen (secondary N) is 1. The van der Waals surface area contributed by atoms with Crippen LogP contribution in [0.25, 0.3) is 0 Å². The van der Waals surface area contributed by atoms with Crippen LogP contribution in [0.2, 0.25) is 10.0 Å². The van der Waals surface area contributed by atoms with Crippen LogP contribution in [0.3, 0.4) is 0 Å². The first-order valence-corrected chi connectivity index (χ1v) is 8.15. The Hall–Kier alpha value is -1.42. The van der Waals surface area contributed by atoms with Crippen molar-refractivity contribution in [3.05, 3.63) is 63.6 Å². The van der Waals surface area contributed by atoms with Gasteiger partial charge in [0.1, 0.15) is 0 Å². The fourth-order valence-corrected chi connectivity index (χ4v) is 2.68. The monoisotopic (exact) mass is 386 g/mol. The number of hydrogen-bond donors (Lipinski definition) is 2. The molecule has 2 aromatic rings. The molecule has 0 radical (unpaired) electrons. The Balaban J connectivity index is 0.00000288. The van der Waals surface area contributed by atoms with Crippen LogP contribution in [0, 0.1) is 0 Å². The standard InChI is InChI=1S/C18H20Cl2N2O.ClH/c1-18(2,13-8-9-14(19)15(20)11-13)22-17(23)10-7-12-5-3-4-6-16(12)21;/h3-6,8-9,11H,7,10,21H2,1-2H3,(H,22,23);1H. The smallest absolute Gasteiger partial charge is 0.221 e. The SMILES string of the molecule is CC(C)(NC(=O)CCc1ccccc1N)c1ccc(Cl)c(Cl)c1.Cl. The lowest BCUT2D eigenvalue weighted by atomic mass is 9.94. The van der Waals surface area contributed by atoms with Crippen molar-refractivity contribution in [1.82, 2.24) is 5.32 Å². The molecule has 0 unspecified atom stereocenters. The van der Waals surface area contributed by atoms with Crippen molar-refractivity contribution < 1.29 is 4.79 Å². The number of halogens is 3. The highest BCUT2D eigenvalue weighted by molar-refractivity contribution is 6.42. The molecule has 130 valence electrons. The van der Waals surface area contributed by atoms with E-state index in [4.69, 9.17) is 28.9 Å². The third-order valence-electron chi connectivity index (χ3n) is 3.77. The lowest BCUT2D eigenvalue weighted by Crippen LogP contribution is -2.41. The van der Waals surface area contributed by atoms with Crippen LogP contribution in [-0.4, -0.2) is 5.91 Å². The third kappa shape index (κ3) is 5.30. The number of carbonyl (C=O) groups excluding carboxylic acids is 1. The summed E-state index contributed by atoms with van der Waals surface area (Å²) in [6, 6.07) is 13.0. The zero-order chi connectivity index (χ0) is 17.0. The van der Waals surface area contributed by atoms with Gasteiger partial charge in [-0.25, -0.2) is 0 Å². The molecule has 0 aliphatic heterocycles. The molecule has 1 amide bonds. The molecule has 3 nitrogen and oxygen atoms in total. The van der Waals surface area contributed by atoms with Gasteiger partial charge in [0.2, 0.25) is 5.91 Å². The number of nitrogens with two attached hydrogens (primary N) is 1. The Morgan fingerprint density at radius 2 is 1.79 bits per heavy atom. The van der Waals surface area contributed by atoms with Gasteiger partial charge in [-0.3, -0.25) is 4.79 Å². The maximum atomic E-state index is 12.3. The van der Waals surface area contributed by atoms with E-state index in [1.165, 1.54) is 0 Å². The summed E-state index contributed by atoms with van der Waals surface area (Å²) in [7, 11) is 0. The number of amides is 1. The second kappa shape index (κ2) is 8.61. The normalized spacial score (nSPS) is 10.8. The van der Waals surface area contributed by atoms with Gasteiger partial charge >= 0.3 is 0 Å². The van der Waals surface area contributed by atoms with Gasteiger partial charge < -0.3 is 11.1 Å². The summed E-state index contributed by atoms with van der Waals surface area (Å²) in [5, 5.41) is 4.00. The van der Waals surface area contributed by atoms with E-state index in [0.717, 1.165) is 11.1 Å². The molecule has 0 saturated heterocycles. The van der Waals surface area contributed by atoms with Crippen LogP contribution in [0.4, 0.5) is 5.69 Å². The highest BCUT2D eigenvalue weighted by Crippen LogP contribution is 2.28. The molecule has 0 spiro atoms. The largest absolute Gasteiger partial charge is 0.399 e. The van der Waals surface area contributed by atoms with Crippen molar-refractivity contribution in [2.75, 3.05) is 5.73 Å². The van der Waals surface area contributed by atoms with Crippen LogP contribution < -0.4 is 11.1 Å². The minimum absolute atomic E-state index is 0. The van der Waals surface area contributed by atoms with Crippen LogP contribution >= 0.6 is 35.6 Å². The lowest BCUT2D eigenvalue weighted by molar-refractivity contribution is -0.122. The zero-order valence-corrected chi connectivity index (χ0v) is 15.9. The summed E-state index contributed by atoms with van der Waals surface area (Å²) in [4.78, 5) is 12.3. The molecule has 6 heteroatoms. The highest BCUT2D eigenvalue weighted by Gasteiger charge is 2.23. The predicted molar refractivity (Wildman–Crippen MR) is 104 cm³/mol. The highest BCUT2D eigenvalue weighted by atomic mass is 35.5. The summed E-state index contributed by atoms with van der Waals surface area (Å²) in [5.74, 6) is -0.0377. The van der Waals surface area contributed by atoms with Gasteiger partial charge in [0.15, 0.2) is 0 Å². The second-order valence-electron chi connectivity index (χ2n) is 6.00. The quantitative estimate of drug-likeness (QED) is 0.711. The first kappa shape index (κ1) is 20.6. The van der Waals surface area contributed by atoms with Gasteiger partial charge in [0.25, 0.3) is 0 Å². The van der Waals surface area contributed by atoms with E-state index in [2.05, 4.69) is 5.32 Å². The van der Waals surface area contributed by atoms with E-state index < -0.39 is 5.54 Å². The first-order chi connectivity index (χ1) is 10.8. The Morgan fingerprint density at radius 1 is 1.12 bits per heavy atom. The molecule has 0 heterocycles. The van der Waals surface area contributed by atoms with E-state index in [9.17, 15) is 4.79 Å². The number of nitrogen functional groups attached to an aromatic ring is 1. The Labute approximate surface area is 158 Å². The van der Waals surface area contributed by atoms with Crippen LogP contribution in [0.15, 0.2) is 42.5 Å². The Bertz CT molecular complexity index is 717. The Kier molecular flexibility index (Phi) is 7.40. The third-order valence-corrected chi connectivity index (χ3v) is 4.51. The van der Waals surface area contributed by atoms with Crippen molar-refractivity contribution >= 4 is 47.2 Å². The maximum Gasteiger partial charge on any atom is 0.221 e. The van der Waals surface area contributed by atoms with Crippen LogP contribution in [-0.2, 0) is 16.8 Å². The predicted octanol–water partition coefficient (Wildman–Crippen LogP) is 4.98. The van der Waals surface area contributed by atoms with Crippen molar-refractivity contribution in [2.24, 2.45) is 0 Å². The van der Waals surface area contributed by atoms with Gasteiger partial charge in [0.05, 0.1) is 15.6 Å². The summed E-state index contributed by atoms with van der Waals surface area (Å²) < 4.78 is 0. The van der Waals surface area contributed by atoms with E-state index in [-0.39, 0.29) is 18.3 Å². The van der Waals surface area contributed by atoms with E-state index in [1.807, 2.05) is 44.2 Å². The van der Waals surface area contributed by atoms with Gasteiger partial charge in [-0.05, 0) is 49.6 Å². The number of hydrogen-bond acceptors (Lipinski definition) is 2. The molecule has 0 aromatic heterocycles. The minimum atomic E-state index is -0.534. The van der Waals surface area contributed by atoms with Gasteiger partial charge in [-0.2, -0.15) is 0 Å². The van der Waals surface area contributed by atoms with Gasteiger partial charge in [0, 0.05) is 12.1 Å². The summed E-state index contributed by atoms with van der Waals surface area (Å²) in [5.41, 5.74) is 7.96. The molecule has 0 bridgehead atoms. The lowest BCUT2D eigenvalue weighted by Gasteiger charge is -2.27. The van der Waals surface area contributed by atoms with Crippen molar-refractivity contribution in [1.29, 1.82) is 0 Å². The molecule has 2 rings (SSSR count). The minimum Gasteiger partial charge on any atom is -0.399 e. The molecule has 0 aliphatic carbocycles.